The number of nitrogens with one attached hydrogen (secondary N) is 1. The molecule has 0 aliphatic carbocycles. The molecule has 0 radical (unpaired) electrons. The van der Waals surface area contributed by atoms with E-state index in [4.69, 9.17) is 11.6 Å². The molecule has 2 N–H and O–H groups in total. The number of hydrogen-bond donors (Lipinski definition) is 2. The monoisotopic (exact) mass is 400 g/mol. The molecular formula is C22H25ClN2O3. The number of likely N-dealkylation sites (N-methyl/N-ethyl adjacent to an activating group) is 1. The van der Waals surface area contributed by atoms with Crippen molar-refractivity contribution < 1.29 is 14.7 Å². The zero-order valence-electron chi connectivity index (χ0n) is 16.0. The molecule has 1 amide bonds. The van der Waals surface area contributed by atoms with Crippen molar-refractivity contribution in [3.63, 3.8) is 0 Å². The molecule has 28 heavy (non-hydrogen) atoms. The molecule has 3 rings (SSSR count). The summed E-state index contributed by atoms with van der Waals surface area (Å²) in [6.45, 7) is 4.22. The second-order valence-corrected chi connectivity index (χ2v) is 7.39. The maximum absolute atomic E-state index is 13.0. The number of rotatable bonds is 6. The van der Waals surface area contributed by atoms with Gasteiger partial charge in [0.2, 0.25) is 5.91 Å². The molecular weight excluding hydrogens is 376 g/mol. The van der Waals surface area contributed by atoms with Gasteiger partial charge in [-0.2, -0.15) is 0 Å². The van der Waals surface area contributed by atoms with Crippen LogP contribution in [-0.2, 0) is 4.79 Å². The van der Waals surface area contributed by atoms with Crippen LogP contribution in [0.5, 0.6) is 0 Å². The second-order valence-electron chi connectivity index (χ2n) is 6.98. The lowest BCUT2D eigenvalue weighted by atomic mass is 9.88. The Morgan fingerprint density at radius 1 is 1.11 bits per heavy atom. The van der Waals surface area contributed by atoms with Crippen molar-refractivity contribution in [1.29, 1.82) is 0 Å². The van der Waals surface area contributed by atoms with Crippen molar-refractivity contribution in [1.82, 2.24) is 5.32 Å². The highest BCUT2D eigenvalue weighted by molar-refractivity contribution is 6.33. The van der Waals surface area contributed by atoms with Gasteiger partial charge in [0.25, 0.3) is 0 Å². The maximum atomic E-state index is 13.0. The molecule has 1 aliphatic rings. The zero-order chi connectivity index (χ0) is 20.1. The first kappa shape index (κ1) is 20.2. The largest absolute Gasteiger partial charge is 0.478 e. The molecule has 148 valence electrons. The van der Waals surface area contributed by atoms with Crippen LogP contribution in [0.15, 0.2) is 42.5 Å². The molecule has 1 saturated heterocycles. The van der Waals surface area contributed by atoms with Crippen LogP contribution in [0.25, 0.3) is 0 Å². The minimum atomic E-state index is -0.988. The van der Waals surface area contributed by atoms with Crippen LogP contribution in [0, 0.1) is 0 Å². The molecule has 1 unspecified atom stereocenters. The number of nitrogens with zero attached hydrogens (tertiary/aromatic N) is 1. The third kappa shape index (κ3) is 4.30. The SMILES string of the molecule is CCNC(=O)C(c1ccc(C(=O)O)cc1)c1cccc(Cl)c1N1CCCCC1. The van der Waals surface area contributed by atoms with Crippen LogP contribution in [-0.4, -0.2) is 36.6 Å². The van der Waals surface area contributed by atoms with E-state index in [0.29, 0.717) is 11.6 Å². The van der Waals surface area contributed by atoms with Gasteiger partial charge in [-0.1, -0.05) is 35.9 Å². The molecule has 5 nitrogen and oxygen atoms in total. The minimum Gasteiger partial charge on any atom is -0.478 e. The van der Waals surface area contributed by atoms with Crippen LogP contribution >= 0.6 is 11.6 Å². The third-order valence-corrected chi connectivity index (χ3v) is 5.41. The Bertz CT molecular complexity index is 845. The van der Waals surface area contributed by atoms with E-state index in [1.54, 1.807) is 12.1 Å². The van der Waals surface area contributed by atoms with Gasteiger partial charge in [-0.25, -0.2) is 4.79 Å². The van der Waals surface area contributed by atoms with Crippen molar-refractivity contribution in [2.75, 3.05) is 24.5 Å². The summed E-state index contributed by atoms with van der Waals surface area (Å²) in [7, 11) is 0. The number of carbonyl (C=O) groups excluding carboxylic acids is 1. The topological polar surface area (TPSA) is 69.6 Å². The molecule has 1 atom stereocenters. The first-order valence-corrected chi connectivity index (χ1v) is 10.0. The van der Waals surface area contributed by atoms with E-state index in [2.05, 4.69) is 10.2 Å². The minimum absolute atomic E-state index is 0.119. The summed E-state index contributed by atoms with van der Waals surface area (Å²) in [6, 6.07) is 12.2. The number of para-hydroxylation sites is 1. The first-order valence-electron chi connectivity index (χ1n) is 9.67. The van der Waals surface area contributed by atoms with Crippen LogP contribution in [0.4, 0.5) is 5.69 Å². The van der Waals surface area contributed by atoms with Gasteiger partial charge in [-0.3, -0.25) is 4.79 Å². The number of amides is 1. The van der Waals surface area contributed by atoms with Crippen LogP contribution in [0.1, 0.15) is 53.6 Å². The Labute approximate surface area is 170 Å². The molecule has 0 bridgehead atoms. The summed E-state index contributed by atoms with van der Waals surface area (Å²) < 4.78 is 0. The lowest BCUT2D eigenvalue weighted by Crippen LogP contribution is -2.34. The van der Waals surface area contributed by atoms with Gasteiger partial charge in [0.15, 0.2) is 0 Å². The van der Waals surface area contributed by atoms with Crippen molar-refractivity contribution in [3.05, 3.63) is 64.2 Å². The average Bonchev–Trinajstić information content (AvgIpc) is 2.69. The summed E-state index contributed by atoms with van der Waals surface area (Å²) in [6.07, 6.45) is 3.40. The summed E-state index contributed by atoms with van der Waals surface area (Å²) in [4.78, 5) is 26.5. The van der Waals surface area contributed by atoms with Crippen LogP contribution in [0.2, 0.25) is 5.02 Å². The van der Waals surface area contributed by atoms with Gasteiger partial charge in [0.05, 0.1) is 22.2 Å². The predicted octanol–water partition coefficient (Wildman–Crippen LogP) is 4.30. The van der Waals surface area contributed by atoms with E-state index in [1.807, 2.05) is 25.1 Å². The van der Waals surface area contributed by atoms with Crippen molar-refractivity contribution >= 4 is 29.2 Å². The summed E-state index contributed by atoms with van der Waals surface area (Å²) in [5.74, 6) is -1.66. The number of anilines is 1. The van der Waals surface area contributed by atoms with Gasteiger partial charge in [-0.15, -0.1) is 0 Å². The molecule has 0 aromatic heterocycles. The number of halogens is 1. The fourth-order valence-electron chi connectivity index (χ4n) is 3.78. The van der Waals surface area contributed by atoms with Gasteiger partial charge >= 0.3 is 5.97 Å². The van der Waals surface area contributed by atoms with E-state index in [1.165, 1.54) is 18.6 Å². The van der Waals surface area contributed by atoms with E-state index < -0.39 is 11.9 Å². The number of benzene rings is 2. The smallest absolute Gasteiger partial charge is 0.335 e. The highest BCUT2D eigenvalue weighted by Gasteiger charge is 2.28. The fraction of sp³-hybridized carbons (Fsp3) is 0.364. The third-order valence-electron chi connectivity index (χ3n) is 5.11. The Morgan fingerprint density at radius 3 is 2.39 bits per heavy atom. The normalized spacial score (nSPS) is 15.1. The molecule has 0 spiro atoms. The molecule has 2 aromatic carbocycles. The second kappa shape index (κ2) is 9.11. The Hall–Kier alpha value is -2.53. The molecule has 0 saturated carbocycles. The maximum Gasteiger partial charge on any atom is 0.335 e. The van der Waals surface area contributed by atoms with Crippen LogP contribution < -0.4 is 10.2 Å². The number of carbonyl (C=O) groups is 2. The Morgan fingerprint density at radius 2 is 1.79 bits per heavy atom. The number of piperidine rings is 1. The highest BCUT2D eigenvalue weighted by atomic mass is 35.5. The van der Waals surface area contributed by atoms with Gasteiger partial charge in [0.1, 0.15) is 0 Å². The molecule has 1 fully saturated rings. The van der Waals surface area contributed by atoms with Crippen LogP contribution in [0.3, 0.4) is 0 Å². The average molecular weight is 401 g/mol. The lowest BCUT2D eigenvalue weighted by molar-refractivity contribution is -0.121. The van der Waals surface area contributed by atoms with Gasteiger partial charge in [-0.05, 0) is 55.5 Å². The molecule has 1 aliphatic heterocycles. The molecule has 1 heterocycles. The fourth-order valence-corrected chi connectivity index (χ4v) is 4.08. The molecule has 2 aromatic rings. The predicted molar refractivity (Wildman–Crippen MR) is 111 cm³/mol. The van der Waals surface area contributed by atoms with Crippen molar-refractivity contribution in [3.8, 4) is 0 Å². The Balaban J connectivity index is 2.09. The van der Waals surface area contributed by atoms with Gasteiger partial charge in [0, 0.05) is 19.6 Å². The number of aromatic carboxylic acids is 1. The first-order chi connectivity index (χ1) is 13.5. The zero-order valence-corrected chi connectivity index (χ0v) is 16.7. The van der Waals surface area contributed by atoms with Gasteiger partial charge < -0.3 is 15.3 Å². The number of carboxylic acid groups (broad SMARTS) is 1. The van der Waals surface area contributed by atoms with Crippen molar-refractivity contribution in [2.45, 2.75) is 32.1 Å². The lowest BCUT2D eigenvalue weighted by Gasteiger charge is -2.33. The quantitative estimate of drug-likeness (QED) is 0.758. The summed E-state index contributed by atoms with van der Waals surface area (Å²) >= 11 is 6.59. The van der Waals surface area contributed by atoms with E-state index >= 15 is 0 Å². The van der Waals surface area contributed by atoms with Crippen molar-refractivity contribution in [2.24, 2.45) is 0 Å². The summed E-state index contributed by atoms with van der Waals surface area (Å²) in [5, 5.41) is 12.7. The highest BCUT2D eigenvalue weighted by Crippen LogP contribution is 2.39. The molecule has 6 heteroatoms. The van der Waals surface area contributed by atoms with E-state index in [0.717, 1.165) is 42.7 Å². The summed E-state index contributed by atoms with van der Waals surface area (Å²) in [5.41, 5.74) is 2.70. The Kier molecular flexibility index (Phi) is 6.57. The van der Waals surface area contributed by atoms with E-state index in [-0.39, 0.29) is 11.5 Å². The number of carboxylic acids is 1. The number of hydrogen-bond acceptors (Lipinski definition) is 3. The standard InChI is InChI=1S/C22H25ClN2O3/c1-2-24-21(26)19(15-9-11-16(12-10-15)22(27)28)17-7-6-8-18(23)20(17)25-13-4-3-5-14-25/h6-12,19H,2-5,13-14H2,1H3,(H,24,26)(H,27,28). The van der Waals surface area contributed by atoms with E-state index in [9.17, 15) is 14.7 Å².